The molecule has 94 valence electrons. The van der Waals surface area contributed by atoms with Crippen LogP contribution in [0.1, 0.15) is 18.6 Å². The first-order valence-corrected chi connectivity index (χ1v) is 6.75. The minimum absolute atomic E-state index is 0.649. The second-order valence-corrected chi connectivity index (χ2v) is 5.39. The van der Waals surface area contributed by atoms with Gasteiger partial charge >= 0.3 is 0 Å². The van der Waals surface area contributed by atoms with Crippen molar-refractivity contribution in [2.45, 2.75) is 25.4 Å². The van der Waals surface area contributed by atoms with Crippen molar-refractivity contribution in [3.63, 3.8) is 0 Å². The minimum Gasteiger partial charge on any atom is -0.460 e. The molecule has 0 radical (unpaired) electrons. The lowest BCUT2D eigenvalue weighted by Gasteiger charge is -2.02. The fourth-order valence-corrected chi connectivity index (χ4v) is 2.22. The van der Waals surface area contributed by atoms with Gasteiger partial charge in [0, 0.05) is 16.6 Å². The van der Waals surface area contributed by atoms with Gasteiger partial charge < -0.3 is 9.73 Å². The number of halogens is 2. The van der Waals surface area contributed by atoms with Crippen LogP contribution in [-0.2, 0) is 6.54 Å². The molecule has 1 aliphatic rings. The van der Waals surface area contributed by atoms with Crippen LogP contribution in [-0.4, -0.2) is 6.04 Å². The lowest BCUT2D eigenvalue weighted by atomic mass is 10.2. The van der Waals surface area contributed by atoms with E-state index < -0.39 is 0 Å². The van der Waals surface area contributed by atoms with E-state index in [1.165, 1.54) is 12.8 Å². The number of hydrogen-bond acceptors (Lipinski definition) is 2. The predicted molar refractivity (Wildman–Crippen MR) is 74.0 cm³/mol. The van der Waals surface area contributed by atoms with E-state index in [2.05, 4.69) is 5.32 Å². The van der Waals surface area contributed by atoms with Crippen molar-refractivity contribution in [2.24, 2.45) is 0 Å². The standard InChI is InChI=1S/C14H13Cl2NO/c15-9-1-5-13(16)12(7-9)14-6-4-11(18-14)8-17-10-2-3-10/h1,4-7,10,17H,2-3,8H2. The molecule has 1 saturated carbocycles. The van der Waals surface area contributed by atoms with Crippen molar-refractivity contribution in [3.8, 4) is 11.3 Å². The molecule has 2 nitrogen and oxygen atoms in total. The van der Waals surface area contributed by atoms with Crippen LogP contribution in [0.2, 0.25) is 10.0 Å². The predicted octanol–water partition coefficient (Wildman–Crippen LogP) is 4.51. The van der Waals surface area contributed by atoms with Crippen molar-refractivity contribution in [1.82, 2.24) is 5.32 Å². The molecule has 18 heavy (non-hydrogen) atoms. The van der Waals surface area contributed by atoms with Gasteiger partial charge in [-0.05, 0) is 43.2 Å². The number of nitrogens with one attached hydrogen (secondary N) is 1. The maximum atomic E-state index is 6.14. The summed E-state index contributed by atoms with van der Waals surface area (Å²) in [5.74, 6) is 1.68. The van der Waals surface area contributed by atoms with Crippen molar-refractivity contribution >= 4 is 23.2 Å². The van der Waals surface area contributed by atoms with Gasteiger partial charge in [0.15, 0.2) is 0 Å². The van der Waals surface area contributed by atoms with E-state index in [1.54, 1.807) is 12.1 Å². The average Bonchev–Trinajstić information content (AvgIpc) is 3.08. The third-order valence-electron chi connectivity index (χ3n) is 3.00. The summed E-state index contributed by atoms with van der Waals surface area (Å²) in [7, 11) is 0. The first-order valence-electron chi connectivity index (χ1n) is 6.00. The molecule has 0 amide bonds. The monoisotopic (exact) mass is 281 g/mol. The van der Waals surface area contributed by atoms with Gasteiger partial charge in [-0.1, -0.05) is 23.2 Å². The Morgan fingerprint density at radius 1 is 1.17 bits per heavy atom. The van der Waals surface area contributed by atoms with Gasteiger partial charge in [-0.3, -0.25) is 0 Å². The Labute approximate surface area is 116 Å². The van der Waals surface area contributed by atoms with E-state index in [9.17, 15) is 0 Å². The van der Waals surface area contributed by atoms with Crippen molar-refractivity contribution < 1.29 is 4.42 Å². The molecule has 0 aliphatic heterocycles. The SMILES string of the molecule is Clc1ccc(Cl)c(-c2ccc(CNC3CC3)o2)c1. The molecule has 1 heterocycles. The van der Waals surface area contributed by atoms with Gasteiger partial charge in [-0.15, -0.1) is 0 Å². The Morgan fingerprint density at radius 3 is 2.78 bits per heavy atom. The molecule has 4 heteroatoms. The summed E-state index contributed by atoms with van der Waals surface area (Å²) in [6.45, 7) is 0.767. The van der Waals surface area contributed by atoms with Gasteiger partial charge in [0.25, 0.3) is 0 Å². The van der Waals surface area contributed by atoms with Crippen molar-refractivity contribution in [2.75, 3.05) is 0 Å². The summed E-state index contributed by atoms with van der Waals surface area (Å²) in [5.41, 5.74) is 0.835. The minimum atomic E-state index is 0.649. The molecular formula is C14H13Cl2NO. The quantitative estimate of drug-likeness (QED) is 0.892. The van der Waals surface area contributed by atoms with Crippen LogP contribution >= 0.6 is 23.2 Å². The third kappa shape index (κ3) is 2.72. The Kier molecular flexibility index (Phi) is 3.33. The van der Waals surface area contributed by atoms with E-state index in [1.807, 2.05) is 18.2 Å². The van der Waals surface area contributed by atoms with Crippen LogP contribution in [0.5, 0.6) is 0 Å². The lowest BCUT2D eigenvalue weighted by Crippen LogP contribution is -2.14. The molecule has 0 saturated heterocycles. The molecule has 3 rings (SSSR count). The fraction of sp³-hybridized carbons (Fsp3) is 0.286. The Balaban J connectivity index is 1.80. The molecule has 1 aromatic heterocycles. The van der Waals surface area contributed by atoms with Crippen LogP contribution in [0.4, 0.5) is 0 Å². The Morgan fingerprint density at radius 2 is 2.00 bits per heavy atom. The van der Waals surface area contributed by atoms with Crippen molar-refractivity contribution in [3.05, 3.63) is 46.1 Å². The molecule has 0 spiro atoms. The molecule has 0 atom stereocenters. The van der Waals surface area contributed by atoms with E-state index in [4.69, 9.17) is 27.6 Å². The maximum absolute atomic E-state index is 6.14. The van der Waals surface area contributed by atoms with Gasteiger partial charge in [-0.2, -0.15) is 0 Å². The summed E-state index contributed by atoms with van der Waals surface area (Å²) in [6, 6.07) is 9.95. The van der Waals surface area contributed by atoms with E-state index in [0.717, 1.165) is 23.6 Å². The normalized spacial score (nSPS) is 15.0. The van der Waals surface area contributed by atoms with Gasteiger partial charge in [0.1, 0.15) is 11.5 Å². The molecule has 0 unspecified atom stereocenters. The topological polar surface area (TPSA) is 25.2 Å². The van der Waals surface area contributed by atoms with Crippen LogP contribution in [0.25, 0.3) is 11.3 Å². The zero-order chi connectivity index (χ0) is 12.5. The number of rotatable bonds is 4. The third-order valence-corrected chi connectivity index (χ3v) is 3.56. The molecular weight excluding hydrogens is 269 g/mol. The van der Waals surface area contributed by atoms with E-state index in [-0.39, 0.29) is 0 Å². The highest BCUT2D eigenvalue weighted by Gasteiger charge is 2.20. The number of benzene rings is 1. The Hall–Kier alpha value is -0.960. The van der Waals surface area contributed by atoms with Crippen molar-refractivity contribution in [1.29, 1.82) is 0 Å². The van der Waals surface area contributed by atoms with E-state index >= 15 is 0 Å². The highest BCUT2D eigenvalue weighted by atomic mass is 35.5. The van der Waals surface area contributed by atoms with E-state index in [0.29, 0.717) is 16.1 Å². The maximum Gasteiger partial charge on any atom is 0.135 e. The Bertz CT molecular complexity index is 561. The van der Waals surface area contributed by atoms with Crippen LogP contribution < -0.4 is 5.32 Å². The first kappa shape index (κ1) is 12.1. The van der Waals surface area contributed by atoms with Gasteiger partial charge in [0.2, 0.25) is 0 Å². The highest BCUT2D eigenvalue weighted by molar-refractivity contribution is 6.35. The summed E-state index contributed by atoms with van der Waals surface area (Å²) in [6.07, 6.45) is 2.54. The number of hydrogen-bond donors (Lipinski definition) is 1. The molecule has 1 N–H and O–H groups in total. The second kappa shape index (κ2) is 4.96. The summed E-state index contributed by atoms with van der Waals surface area (Å²) in [5, 5.41) is 4.72. The largest absolute Gasteiger partial charge is 0.460 e. The second-order valence-electron chi connectivity index (χ2n) is 4.55. The number of furan rings is 1. The fourth-order valence-electron chi connectivity index (χ4n) is 1.84. The smallest absolute Gasteiger partial charge is 0.135 e. The molecule has 1 aliphatic carbocycles. The summed E-state index contributed by atoms with van der Waals surface area (Å²) < 4.78 is 5.78. The van der Waals surface area contributed by atoms with Crippen LogP contribution in [0, 0.1) is 0 Å². The lowest BCUT2D eigenvalue weighted by molar-refractivity contribution is 0.492. The molecule has 1 fully saturated rings. The highest BCUT2D eigenvalue weighted by Crippen LogP contribution is 2.32. The molecule has 1 aromatic carbocycles. The molecule has 2 aromatic rings. The zero-order valence-corrected chi connectivity index (χ0v) is 11.3. The molecule has 0 bridgehead atoms. The summed E-state index contributed by atoms with van der Waals surface area (Å²) in [4.78, 5) is 0. The zero-order valence-electron chi connectivity index (χ0n) is 9.75. The first-order chi connectivity index (χ1) is 8.72. The average molecular weight is 282 g/mol. The van der Waals surface area contributed by atoms with Gasteiger partial charge in [-0.25, -0.2) is 0 Å². The van der Waals surface area contributed by atoms with Crippen LogP contribution in [0.3, 0.4) is 0 Å². The summed E-state index contributed by atoms with van der Waals surface area (Å²) >= 11 is 12.1. The van der Waals surface area contributed by atoms with Crippen LogP contribution in [0.15, 0.2) is 34.7 Å². The van der Waals surface area contributed by atoms with Gasteiger partial charge in [0.05, 0.1) is 11.6 Å².